The molecule has 0 N–H and O–H groups in total. The Morgan fingerprint density at radius 1 is 1.20 bits per heavy atom. The van der Waals surface area contributed by atoms with Crippen LogP contribution in [0.5, 0.6) is 5.75 Å². The number of aryl methyl sites for hydroxylation is 2. The first kappa shape index (κ1) is 26.2. The Balaban J connectivity index is 1.95. The molecule has 7 nitrogen and oxygen atoms in total. The van der Waals surface area contributed by atoms with Crippen LogP contribution < -0.4 is 4.74 Å². The molecule has 1 aromatic heterocycles. The van der Waals surface area contributed by atoms with E-state index in [0.717, 1.165) is 62.4 Å². The number of aliphatic imine (C=N–C) groups is 2. The van der Waals surface area contributed by atoms with Crippen molar-refractivity contribution in [1.29, 1.82) is 5.26 Å². The van der Waals surface area contributed by atoms with Crippen molar-refractivity contribution in [3.63, 3.8) is 0 Å². The van der Waals surface area contributed by atoms with Crippen LogP contribution in [0.1, 0.15) is 76.1 Å². The molecule has 3 rings (SSSR count). The first-order chi connectivity index (χ1) is 17.1. The molecule has 0 bridgehead atoms. The van der Waals surface area contributed by atoms with Gasteiger partial charge in [0.25, 0.3) is 0 Å². The zero-order valence-electron chi connectivity index (χ0n) is 21.5. The summed E-state index contributed by atoms with van der Waals surface area (Å²) < 4.78 is 8.12. The molecule has 0 aliphatic carbocycles. The van der Waals surface area contributed by atoms with Gasteiger partial charge >= 0.3 is 0 Å². The Labute approximate surface area is 209 Å². The van der Waals surface area contributed by atoms with Gasteiger partial charge in [0.05, 0.1) is 17.3 Å². The molecule has 0 saturated carbocycles. The summed E-state index contributed by atoms with van der Waals surface area (Å²) in [6, 6.07) is 7.60. The first-order valence-corrected chi connectivity index (χ1v) is 12.9. The van der Waals surface area contributed by atoms with E-state index in [1.807, 2.05) is 23.7 Å². The van der Waals surface area contributed by atoms with Gasteiger partial charge in [0.1, 0.15) is 11.5 Å². The number of nitrogens with zero attached hydrogens (tertiary/aromatic N) is 6. The van der Waals surface area contributed by atoms with Gasteiger partial charge in [0.2, 0.25) is 5.88 Å². The van der Waals surface area contributed by atoms with Crippen LogP contribution in [0.3, 0.4) is 0 Å². The van der Waals surface area contributed by atoms with E-state index >= 15 is 0 Å². The van der Waals surface area contributed by atoms with Gasteiger partial charge in [-0.2, -0.15) is 10.4 Å². The number of piperidine rings is 1. The van der Waals surface area contributed by atoms with Crippen LogP contribution in [0, 0.1) is 11.3 Å². The molecule has 35 heavy (non-hydrogen) atoms. The Kier molecular flexibility index (Phi) is 10.1. The molecule has 0 atom stereocenters. The predicted octanol–water partition coefficient (Wildman–Crippen LogP) is 5.86. The monoisotopic (exact) mass is 474 g/mol. The van der Waals surface area contributed by atoms with Gasteiger partial charge in [0.15, 0.2) is 5.75 Å². The molecule has 0 amide bonds. The zero-order chi connectivity index (χ0) is 25.0. The normalized spacial score (nSPS) is 14.6. The lowest BCUT2D eigenvalue weighted by atomic mass is 10.1. The summed E-state index contributed by atoms with van der Waals surface area (Å²) in [5, 5.41) is 14.3. The van der Waals surface area contributed by atoms with E-state index in [2.05, 4.69) is 47.7 Å². The van der Waals surface area contributed by atoms with Gasteiger partial charge in [-0.1, -0.05) is 26.7 Å². The first-order valence-electron chi connectivity index (χ1n) is 12.9. The van der Waals surface area contributed by atoms with E-state index in [1.54, 1.807) is 12.1 Å². The third-order valence-corrected chi connectivity index (χ3v) is 6.22. The molecular weight excluding hydrogens is 436 g/mol. The van der Waals surface area contributed by atoms with E-state index in [0.29, 0.717) is 23.7 Å². The lowest BCUT2D eigenvalue weighted by Gasteiger charge is -2.28. The summed E-state index contributed by atoms with van der Waals surface area (Å²) in [6.07, 6.45) is 12.9. The van der Waals surface area contributed by atoms with Crippen molar-refractivity contribution >= 4 is 12.6 Å². The van der Waals surface area contributed by atoms with Gasteiger partial charge in [-0.15, -0.1) is 0 Å². The molecule has 0 spiro atoms. The molecule has 0 radical (unpaired) electrons. The van der Waals surface area contributed by atoms with Crippen molar-refractivity contribution in [3.8, 4) is 17.5 Å². The summed E-state index contributed by atoms with van der Waals surface area (Å²) >= 11 is 0. The smallest absolute Gasteiger partial charge is 0.222 e. The maximum atomic E-state index is 9.50. The Hall–Kier alpha value is -3.40. The molecular formula is C28H38N6O. The van der Waals surface area contributed by atoms with Crippen LogP contribution in [0.4, 0.5) is 0 Å². The van der Waals surface area contributed by atoms with Crippen LogP contribution in [-0.4, -0.2) is 46.9 Å². The summed E-state index contributed by atoms with van der Waals surface area (Å²) in [5.41, 5.74) is 3.63. The molecule has 186 valence electrons. The van der Waals surface area contributed by atoms with E-state index in [9.17, 15) is 5.26 Å². The number of amidine groups is 1. The van der Waals surface area contributed by atoms with Crippen molar-refractivity contribution in [2.75, 3.05) is 19.6 Å². The van der Waals surface area contributed by atoms with Crippen molar-refractivity contribution < 1.29 is 4.74 Å². The van der Waals surface area contributed by atoms with Gasteiger partial charge in [-0.05, 0) is 69.9 Å². The number of nitriles is 1. The van der Waals surface area contributed by atoms with Gasteiger partial charge in [0, 0.05) is 38.0 Å². The third kappa shape index (κ3) is 7.05. The molecule has 2 heterocycles. The largest absolute Gasteiger partial charge is 0.437 e. The molecule has 1 aliphatic heterocycles. The van der Waals surface area contributed by atoms with E-state index in [-0.39, 0.29) is 0 Å². The molecule has 1 aromatic carbocycles. The Bertz CT molecular complexity index is 1090. The van der Waals surface area contributed by atoms with E-state index < -0.39 is 0 Å². The third-order valence-electron chi connectivity index (χ3n) is 6.22. The molecule has 1 saturated heterocycles. The van der Waals surface area contributed by atoms with Crippen LogP contribution in [0.15, 0.2) is 46.3 Å². The molecule has 1 aliphatic rings. The number of ether oxygens (including phenoxy) is 1. The maximum absolute atomic E-state index is 9.50. The number of benzene rings is 1. The number of rotatable bonds is 11. The second-order valence-electron chi connectivity index (χ2n) is 8.77. The minimum absolute atomic E-state index is 0.352. The average Bonchev–Trinajstić information content (AvgIpc) is 3.31. The van der Waals surface area contributed by atoms with Crippen LogP contribution >= 0.6 is 0 Å². The van der Waals surface area contributed by atoms with Gasteiger partial charge in [-0.3, -0.25) is 4.99 Å². The highest BCUT2D eigenvalue weighted by Crippen LogP contribution is 2.28. The Morgan fingerprint density at radius 3 is 2.66 bits per heavy atom. The van der Waals surface area contributed by atoms with Crippen molar-refractivity contribution in [2.24, 2.45) is 9.98 Å². The number of hydrogen-bond acceptors (Lipinski definition) is 5. The highest BCUT2D eigenvalue weighted by atomic mass is 16.5. The second-order valence-corrected chi connectivity index (χ2v) is 8.77. The number of likely N-dealkylation sites (tertiary alicyclic amines) is 1. The summed E-state index contributed by atoms with van der Waals surface area (Å²) in [5.74, 6) is 1.73. The quantitative estimate of drug-likeness (QED) is 0.177. The topological polar surface area (TPSA) is 78.8 Å². The number of hydrogen-bond donors (Lipinski definition) is 0. The van der Waals surface area contributed by atoms with E-state index in [1.165, 1.54) is 24.8 Å². The molecule has 2 aromatic rings. The predicted molar refractivity (Wildman–Crippen MR) is 143 cm³/mol. The summed E-state index contributed by atoms with van der Waals surface area (Å²) in [4.78, 5) is 11.1. The summed E-state index contributed by atoms with van der Waals surface area (Å²) in [6.45, 7) is 12.7. The standard InChI is InChI=1S/C28H38N6O/c1-5-8-10-13-23-21-34(32-24(23)6-2)25-15-14-22(20-29)18-26(25)35-28(30-4)19-27(31-7-3)33-16-11-9-12-17-33/h14-15,18-19,21H,4-13,16-17H2,1-3H3/b28-19+,31-27+. The second kappa shape index (κ2) is 13.5. The molecule has 7 heteroatoms. The minimum atomic E-state index is 0.352. The van der Waals surface area contributed by atoms with Crippen molar-refractivity contribution in [1.82, 2.24) is 14.7 Å². The van der Waals surface area contributed by atoms with Crippen LogP contribution in [0.2, 0.25) is 0 Å². The van der Waals surface area contributed by atoms with Crippen molar-refractivity contribution in [3.05, 3.63) is 53.2 Å². The number of unbranched alkanes of at least 4 members (excludes halogenated alkanes) is 2. The highest BCUT2D eigenvalue weighted by molar-refractivity contribution is 5.93. The highest BCUT2D eigenvalue weighted by Gasteiger charge is 2.17. The SMILES string of the molecule is C=N/C(=C\C(=N/CC)N1CCCCC1)Oc1cc(C#N)ccc1-n1cc(CCCCC)c(CC)n1. The fraction of sp³-hybridized carbons (Fsp3) is 0.500. The number of aromatic nitrogens is 2. The van der Waals surface area contributed by atoms with Crippen molar-refractivity contribution in [2.45, 2.75) is 72.1 Å². The molecule has 0 unspecified atom stereocenters. The lowest BCUT2D eigenvalue weighted by Crippen LogP contribution is -2.35. The summed E-state index contributed by atoms with van der Waals surface area (Å²) in [7, 11) is 0. The van der Waals surface area contributed by atoms with Crippen LogP contribution in [0.25, 0.3) is 5.69 Å². The van der Waals surface area contributed by atoms with E-state index in [4.69, 9.17) is 9.84 Å². The van der Waals surface area contributed by atoms with Gasteiger partial charge < -0.3 is 9.64 Å². The average molecular weight is 475 g/mol. The Morgan fingerprint density at radius 2 is 2.00 bits per heavy atom. The zero-order valence-corrected chi connectivity index (χ0v) is 21.5. The molecule has 1 fully saturated rings. The fourth-order valence-corrected chi connectivity index (χ4v) is 4.35. The lowest BCUT2D eigenvalue weighted by molar-refractivity contribution is 0.341. The van der Waals surface area contributed by atoms with Gasteiger partial charge in [-0.25, -0.2) is 9.67 Å². The maximum Gasteiger partial charge on any atom is 0.222 e. The van der Waals surface area contributed by atoms with Crippen LogP contribution in [-0.2, 0) is 12.8 Å². The minimum Gasteiger partial charge on any atom is -0.437 e. The fourth-order valence-electron chi connectivity index (χ4n) is 4.35.